The molecule has 1 aromatic carbocycles. The van der Waals surface area contributed by atoms with Crippen LogP contribution < -0.4 is 5.73 Å². The standard InChI is InChI=1S/C14H13BrF2N2OS/c1-2-19(7-8-3-6-11(15)21-8)14(20)12-9(16)4-5-10(18)13(12)17/h3-6H,2,7,18H2,1H3. The molecular weight excluding hydrogens is 362 g/mol. The van der Waals surface area contributed by atoms with Crippen LogP contribution in [0.25, 0.3) is 0 Å². The van der Waals surface area contributed by atoms with Gasteiger partial charge in [-0.15, -0.1) is 11.3 Å². The lowest BCUT2D eigenvalue weighted by Gasteiger charge is -2.21. The number of nitrogens with zero attached hydrogens (tertiary/aromatic N) is 1. The van der Waals surface area contributed by atoms with Gasteiger partial charge in [0.2, 0.25) is 0 Å². The summed E-state index contributed by atoms with van der Waals surface area (Å²) in [6.07, 6.45) is 0. The van der Waals surface area contributed by atoms with Crippen molar-refractivity contribution < 1.29 is 13.6 Å². The lowest BCUT2D eigenvalue weighted by atomic mass is 10.1. The van der Waals surface area contributed by atoms with Crippen LogP contribution in [-0.4, -0.2) is 17.4 Å². The van der Waals surface area contributed by atoms with Gasteiger partial charge < -0.3 is 10.6 Å². The lowest BCUT2D eigenvalue weighted by Crippen LogP contribution is -2.31. The van der Waals surface area contributed by atoms with Crippen molar-refractivity contribution in [2.45, 2.75) is 13.5 Å². The van der Waals surface area contributed by atoms with E-state index in [1.807, 2.05) is 12.1 Å². The number of thiophene rings is 1. The van der Waals surface area contributed by atoms with E-state index in [0.717, 1.165) is 20.8 Å². The van der Waals surface area contributed by atoms with Crippen molar-refractivity contribution in [3.05, 3.63) is 50.1 Å². The number of hydrogen-bond donors (Lipinski definition) is 1. The fraction of sp³-hybridized carbons (Fsp3) is 0.214. The molecule has 2 N–H and O–H groups in total. The number of halogens is 3. The fourth-order valence-corrected chi connectivity index (χ4v) is 3.37. The molecule has 0 unspecified atom stereocenters. The first-order valence-electron chi connectivity index (χ1n) is 6.21. The molecule has 0 bridgehead atoms. The zero-order valence-corrected chi connectivity index (χ0v) is 13.6. The van der Waals surface area contributed by atoms with Gasteiger partial charge in [0.25, 0.3) is 5.91 Å². The van der Waals surface area contributed by atoms with Gasteiger partial charge in [-0.05, 0) is 47.1 Å². The average Bonchev–Trinajstić information content (AvgIpc) is 2.86. The molecule has 0 saturated heterocycles. The van der Waals surface area contributed by atoms with Gasteiger partial charge in [0.1, 0.15) is 11.4 Å². The van der Waals surface area contributed by atoms with Crippen LogP contribution in [0.15, 0.2) is 28.1 Å². The van der Waals surface area contributed by atoms with Gasteiger partial charge in [0, 0.05) is 11.4 Å². The summed E-state index contributed by atoms with van der Waals surface area (Å²) in [4.78, 5) is 14.7. The molecule has 0 fully saturated rings. The highest BCUT2D eigenvalue weighted by Gasteiger charge is 2.24. The molecule has 21 heavy (non-hydrogen) atoms. The highest BCUT2D eigenvalue weighted by Crippen LogP contribution is 2.25. The Labute approximate surface area is 133 Å². The molecule has 1 amide bonds. The van der Waals surface area contributed by atoms with Crippen molar-refractivity contribution >= 4 is 38.9 Å². The maximum Gasteiger partial charge on any atom is 0.260 e. The molecule has 2 rings (SSSR count). The van der Waals surface area contributed by atoms with Crippen LogP contribution in [0.3, 0.4) is 0 Å². The van der Waals surface area contributed by atoms with Crippen LogP contribution in [0.4, 0.5) is 14.5 Å². The van der Waals surface area contributed by atoms with Gasteiger partial charge in [0.15, 0.2) is 5.82 Å². The van der Waals surface area contributed by atoms with Crippen LogP contribution in [0.5, 0.6) is 0 Å². The van der Waals surface area contributed by atoms with Crippen LogP contribution in [0.1, 0.15) is 22.2 Å². The molecule has 112 valence electrons. The highest BCUT2D eigenvalue weighted by atomic mass is 79.9. The topological polar surface area (TPSA) is 46.3 Å². The van der Waals surface area contributed by atoms with E-state index in [-0.39, 0.29) is 5.69 Å². The number of rotatable bonds is 4. The molecule has 0 spiro atoms. The molecule has 0 aliphatic heterocycles. The first kappa shape index (κ1) is 15.9. The summed E-state index contributed by atoms with van der Waals surface area (Å²) in [5.41, 5.74) is 4.56. The average molecular weight is 375 g/mol. The number of hydrogen-bond acceptors (Lipinski definition) is 3. The van der Waals surface area contributed by atoms with Gasteiger partial charge in [0.05, 0.1) is 16.0 Å². The normalized spacial score (nSPS) is 10.7. The maximum atomic E-state index is 13.9. The molecule has 0 aliphatic carbocycles. The van der Waals surface area contributed by atoms with E-state index in [4.69, 9.17) is 5.73 Å². The lowest BCUT2D eigenvalue weighted by molar-refractivity contribution is 0.0744. The monoisotopic (exact) mass is 374 g/mol. The Morgan fingerprint density at radius 3 is 2.62 bits per heavy atom. The number of benzene rings is 1. The summed E-state index contributed by atoms with van der Waals surface area (Å²) in [6.45, 7) is 2.38. The smallest absolute Gasteiger partial charge is 0.260 e. The third kappa shape index (κ3) is 3.41. The van der Waals surface area contributed by atoms with Crippen molar-refractivity contribution in [1.82, 2.24) is 4.90 Å². The Balaban J connectivity index is 2.30. The molecule has 0 atom stereocenters. The first-order chi connectivity index (χ1) is 9.93. The zero-order valence-electron chi connectivity index (χ0n) is 11.2. The molecule has 1 heterocycles. The molecule has 1 aromatic heterocycles. The molecule has 3 nitrogen and oxygen atoms in total. The molecule has 0 saturated carbocycles. The Kier molecular flexibility index (Phi) is 4.95. The second-order valence-corrected chi connectivity index (χ2v) is 6.90. The molecular formula is C14H13BrF2N2OS. The summed E-state index contributed by atoms with van der Waals surface area (Å²) in [5, 5.41) is 0. The predicted molar refractivity (Wildman–Crippen MR) is 83.2 cm³/mol. The number of nitrogens with two attached hydrogens (primary N) is 1. The van der Waals surface area contributed by atoms with Crippen molar-refractivity contribution in [3.63, 3.8) is 0 Å². The highest BCUT2D eigenvalue weighted by molar-refractivity contribution is 9.11. The second-order valence-electron chi connectivity index (χ2n) is 4.35. The van der Waals surface area contributed by atoms with E-state index in [2.05, 4.69) is 15.9 Å². The van der Waals surface area contributed by atoms with Crippen molar-refractivity contribution in [2.75, 3.05) is 12.3 Å². The van der Waals surface area contributed by atoms with E-state index in [0.29, 0.717) is 13.1 Å². The van der Waals surface area contributed by atoms with E-state index in [9.17, 15) is 13.6 Å². The van der Waals surface area contributed by atoms with E-state index >= 15 is 0 Å². The largest absolute Gasteiger partial charge is 0.396 e. The van der Waals surface area contributed by atoms with Gasteiger partial charge in [-0.25, -0.2) is 8.78 Å². The van der Waals surface area contributed by atoms with Crippen molar-refractivity contribution in [3.8, 4) is 0 Å². The molecule has 2 aromatic rings. The van der Waals surface area contributed by atoms with Crippen molar-refractivity contribution in [2.24, 2.45) is 0 Å². The Morgan fingerprint density at radius 2 is 2.05 bits per heavy atom. The van der Waals surface area contributed by atoms with Crippen LogP contribution in [0.2, 0.25) is 0 Å². The Bertz CT molecular complexity index is 675. The minimum Gasteiger partial charge on any atom is -0.396 e. The summed E-state index contributed by atoms with van der Waals surface area (Å²) in [7, 11) is 0. The zero-order chi connectivity index (χ0) is 15.6. The fourth-order valence-electron chi connectivity index (χ4n) is 1.87. The van der Waals surface area contributed by atoms with E-state index in [1.165, 1.54) is 16.2 Å². The quantitative estimate of drug-likeness (QED) is 0.821. The summed E-state index contributed by atoms with van der Waals surface area (Å²) in [6, 6.07) is 5.83. The van der Waals surface area contributed by atoms with Gasteiger partial charge in [-0.2, -0.15) is 0 Å². The third-order valence-electron chi connectivity index (χ3n) is 2.98. The third-order valence-corrected chi connectivity index (χ3v) is 4.59. The van der Waals surface area contributed by atoms with Crippen LogP contribution in [0, 0.1) is 11.6 Å². The van der Waals surface area contributed by atoms with Gasteiger partial charge >= 0.3 is 0 Å². The number of anilines is 1. The number of nitrogen functional groups attached to an aromatic ring is 1. The minimum absolute atomic E-state index is 0.241. The van der Waals surface area contributed by atoms with E-state index in [1.54, 1.807) is 6.92 Å². The van der Waals surface area contributed by atoms with Gasteiger partial charge in [-0.1, -0.05) is 0 Å². The first-order valence-corrected chi connectivity index (χ1v) is 7.82. The SMILES string of the molecule is CCN(Cc1ccc(Br)s1)C(=O)c1c(F)ccc(N)c1F. The van der Waals surface area contributed by atoms with Crippen LogP contribution >= 0.6 is 27.3 Å². The number of carbonyl (C=O) groups is 1. The number of carbonyl (C=O) groups excluding carboxylic acids is 1. The molecule has 7 heteroatoms. The van der Waals surface area contributed by atoms with Crippen molar-refractivity contribution in [1.29, 1.82) is 0 Å². The number of amides is 1. The summed E-state index contributed by atoms with van der Waals surface area (Å²) >= 11 is 4.80. The molecule has 0 aliphatic rings. The Hall–Kier alpha value is -1.47. The predicted octanol–water partition coefficient (Wildman–Crippen LogP) is 4.03. The summed E-state index contributed by atoms with van der Waals surface area (Å²) in [5.74, 6) is -2.62. The second kappa shape index (κ2) is 6.53. The van der Waals surface area contributed by atoms with Crippen LogP contribution in [-0.2, 0) is 6.54 Å². The van der Waals surface area contributed by atoms with Gasteiger partial charge in [-0.3, -0.25) is 4.79 Å². The minimum atomic E-state index is -1.01. The molecule has 0 radical (unpaired) electrons. The maximum absolute atomic E-state index is 13.9. The van der Waals surface area contributed by atoms with E-state index < -0.39 is 23.1 Å². The summed E-state index contributed by atoms with van der Waals surface area (Å²) < 4.78 is 28.6. The Morgan fingerprint density at radius 1 is 1.33 bits per heavy atom.